The summed E-state index contributed by atoms with van der Waals surface area (Å²) >= 11 is 27.0. The summed E-state index contributed by atoms with van der Waals surface area (Å²) < 4.78 is 11.6. The highest BCUT2D eigenvalue weighted by Crippen LogP contribution is 2.41. The van der Waals surface area contributed by atoms with E-state index in [-0.39, 0.29) is 24.6 Å². The Labute approximate surface area is 287 Å². The molecule has 0 spiro atoms. The Kier molecular flexibility index (Phi) is 10.6. The minimum Gasteiger partial charge on any atom is -0.488 e. The van der Waals surface area contributed by atoms with Crippen LogP contribution in [0.25, 0.3) is 5.57 Å². The van der Waals surface area contributed by atoms with Gasteiger partial charge in [0.05, 0.1) is 44.3 Å². The lowest BCUT2D eigenvalue weighted by molar-refractivity contribution is -0.128. The van der Waals surface area contributed by atoms with E-state index in [1.165, 1.54) is 0 Å². The van der Waals surface area contributed by atoms with Gasteiger partial charge in [0.15, 0.2) is 5.75 Å². The molecule has 2 fully saturated rings. The van der Waals surface area contributed by atoms with Crippen LogP contribution in [0.2, 0.25) is 20.1 Å². The quantitative estimate of drug-likeness (QED) is 0.184. The monoisotopic (exact) mass is 709 g/mol. The van der Waals surface area contributed by atoms with Crippen molar-refractivity contribution in [3.8, 4) is 5.75 Å². The van der Waals surface area contributed by atoms with Crippen LogP contribution in [0.3, 0.4) is 0 Å². The van der Waals surface area contributed by atoms with E-state index >= 15 is 0 Å². The van der Waals surface area contributed by atoms with Crippen molar-refractivity contribution in [3.63, 3.8) is 0 Å². The van der Waals surface area contributed by atoms with Crippen molar-refractivity contribution in [1.82, 2.24) is 15.2 Å². The second kappa shape index (κ2) is 14.5. The maximum absolute atomic E-state index is 14.4. The van der Waals surface area contributed by atoms with Gasteiger partial charge in [-0.3, -0.25) is 4.79 Å². The Morgan fingerprint density at radius 1 is 1.11 bits per heavy atom. The number of rotatable bonds is 12. The SMILES string of the molecule is C[C@H](O)c1cc(Cl)c(OCCOCc2ncc(C3=C(C(=O)N(Cc4cccc(Cl)c4Cl)C4CC4)[C@H]4CCC[C@@H](C3)N4)s2)c(Cl)c1. The largest absolute Gasteiger partial charge is 0.488 e. The van der Waals surface area contributed by atoms with Crippen molar-refractivity contribution >= 4 is 69.2 Å². The molecule has 2 aromatic carbocycles. The first kappa shape index (κ1) is 33.0. The van der Waals surface area contributed by atoms with Crippen LogP contribution in [0.1, 0.15) is 72.6 Å². The molecule has 1 saturated carbocycles. The highest BCUT2D eigenvalue weighted by atomic mass is 35.5. The molecule has 3 aromatic rings. The molecule has 45 heavy (non-hydrogen) atoms. The number of aliphatic hydroxyl groups is 1. The molecule has 12 heteroatoms. The number of nitrogens with one attached hydrogen (secondary N) is 1. The standard InChI is InChI=1S/C33H35Cl4N3O4S/c1-18(41)20-12-25(35)32(26(36)13-20)44-11-10-43-17-29-38-15-28(45-29)23-14-21-5-3-7-27(39-21)30(23)33(42)40(22-8-9-22)16-19-4-2-6-24(34)31(19)37/h2,4,6,12-13,15,18,21-22,27,39,41H,3,5,7-11,14,16-17H2,1H3/t18-,21-,27+/m0/s1. The number of carbonyl (C=O) groups excluding carboxylic acids is 1. The van der Waals surface area contributed by atoms with Gasteiger partial charge >= 0.3 is 0 Å². The maximum atomic E-state index is 14.4. The van der Waals surface area contributed by atoms with Crippen molar-refractivity contribution in [1.29, 1.82) is 0 Å². The zero-order valence-electron chi connectivity index (χ0n) is 24.8. The van der Waals surface area contributed by atoms with Crippen molar-refractivity contribution in [2.45, 2.75) is 82.8 Å². The number of benzene rings is 2. The Morgan fingerprint density at radius 2 is 1.89 bits per heavy atom. The number of nitrogens with zero attached hydrogens (tertiary/aromatic N) is 2. The first-order valence-corrected chi connectivity index (χ1v) is 17.6. The Bertz CT molecular complexity index is 1570. The molecule has 3 aliphatic rings. The topological polar surface area (TPSA) is 83.9 Å². The predicted octanol–water partition coefficient (Wildman–Crippen LogP) is 8.26. The van der Waals surface area contributed by atoms with E-state index in [2.05, 4.69) is 10.3 Å². The summed E-state index contributed by atoms with van der Waals surface area (Å²) in [6.45, 7) is 2.95. The number of carbonyl (C=O) groups is 1. The van der Waals surface area contributed by atoms with Crippen LogP contribution in [-0.4, -0.2) is 52.2 Å². The third kappa shape index (κ3) is 7.65. The number of piperidine rings is 1. The maximum Gasteiger partial charge on any atom is 0.252 e. The van der Waals surface area contributed by atoms with Gasteiger partial charge in [0.1, 0.15) is 11.6 Å². The Hall–Kier alpha value is -1.88. The number of halogens is 4. The second-order valence-electron chi connectivity index (χ2n) is 11.8. The van der Waals surface area contributed by atoms with E-state index in [4.69, 9.17) is 55.9 Å². The average molecular weight is 712 g/mol. The van der Waals surface area contributed by atoms with E-state index < -0.39 is 6.10 Å². The van der Waals surface area contributed by atoms with E-state index in [0.717, 1.165) is 65.1 Å². The summed E-state index contributed by atoms with van der Waals surface area (Å²) in [5.74, 6) is 0.435. The van der Waals surface area contributed by atoms with Gasteiger partial charge in [0.2, 0.25) is 0 Å². The molecule has 240 valence electrons. The van der Waals surface area contributed by atoms with Crippen molar-refractivity contribution in [2.75, 3.05) is 13.2 Å². The summed E-state index contributed by atoms with van der Waals surface area (Å²) in [5.41, 5.74) is 3.43. The molecule has 3 atom stereocenters. The average Bonchev–Trinajstić information content (AvgIpc) is 3.74. The molecule has 0 radical (unpaired) electrons. The normalized spacial score (nSPS) is 20.3. The van der Waals surface area contributed by atoms with E-state index in [0.29, 0.717) is 57.2 Å². The van der Waals surface area contributed by atoms with Crippen LogP contribution in [0.4, 0.5) is 0 Å². The van der Waals surface area contributed by atoms with Gasteiger partial charge in [-0.15, -0.1) is 11.3 Å². The number of hydrogen-bond donors (Lipinski definition) is 2. The first-order valence-electron chi connectivity index (χ1n) is 15.2. The molecule has 7 nitrogen and oxygen atoms in total. The fraction of sp³-hybridized carbons (Fsp3) is 0.455. The lowest BCUT2D eigenvalue weighted by Gasteiger charge is -2.40. The van der Waals surface area contributed by atoms with Gasteiger partial charge in [-0.1, -0.05) is 58.5 Å². The van der Waals surface area contributed by atoms with Crippen LogP contribution >= 0.6 is 57.7 Å². The van der Waals surface area contributed by atoms with Crippen LogP contribution in [0, 0.1) is 0 Å². The Morgan fingerprint density at radius 3 is 2.62 bits per heavy atom. The van der Waals surface area contributed by atoms with Gasteiger partial charge in [-0.25, -0.2) is 4.98 Å². The summed E-state index contributed by atoms with van der Waals surface area (Å²) in [6.07, 6.45) is 7.09. The molecular formula is C33H35Cl4N3O4S. The number of thiazole rings is 1. The molecule has 3 heterocycles. The van der Waals surface area contributed by atoms with Gasteiger partial charge in [0, 0.05) is 36.4 Å². The zero-order valence-corrected chi connectivity index (χ0v) is 28.7. The third-order valence-corrected chi connectivity index (χ3v) is 11.0. The van der Waals surface area contributed by atoms with E-state index in [1.807, 2.05) is 23.2 Å². The Balaban J connectivity index is 1.15. The van der Waals surface area contributed by atoms with Crippen molar-refractivity contribution < 1.29 is 19.4 Å². The van der Waals surface area contributed by atoms with Gasteiger partial charge in [-0.05, 0) is 80.3 Å². The van der Waals surface area contributed by atoms with Crippen molar-refractivity contribution in [2.24, 2.45) is 0 Å². The van der Waals surface area contributed by atoms with Crippen LogP contribution < -0.4 is 10.1 Å². The van der Waals surface area contributed by atoms with Gasteiger partial charge in [-0.2, -0.15) is 0 Å². The molecule has 2 N–H and O–H groups in total. The molecule has 1 aliphatic carbocycles. The minimum atomic E-state index is -0.680. The number of ether oxygens (including phenoxy) is 2. The molecule has 1 aromatic heterocycles. The molecule has 2 aliphatic heterocycles. The lowest BCUT2D eigenvalue weighted by atomic mass is 9.81. The van der Waals surface area contributed by atoms with Crippen LogP contribution in [0.5, 0.6) is 5.75 Å². The zero-order chi connectivity index (χ0) is 31.7. The fourth-order valence-electron chi connectivity index (χ4n) is 6.09. The first-order chi connectivity index (χ1) is 21.7. The highest BCUT2D eigenvalue weighted by Gasteiger charge is 2.41. The van der Waals surface area contributed by atoms with E-state index in [1.54, 1.807) is 36.5 Å². The van der Waals surface area contributed by atoms with Crippen LogP contribution in [-0.2, 0) is 22.7 Å². The summed E-state index contributed by atoms with van der Waals surface area (Å²) in [6, 6.07) is 9.45. The number of hydrogen-bond acceptors (Lipinski definition) is 7. The van der Waals surface area contributed by atoms with Crippen LogP contribution in [0.15, 0.2) is 42.1 Å². The molecular weight excluding hydrogens is 676 g/mol. The summed E-state index contributed by atoms with van der Waals surface area (Å²) in [5, 5.41) is 16.0. The molecule has 1 amide bonds. The second-order valence-corrected chi connectivity index (χ2v) is 14.5. The molecule has 1 saturated heterocycles. The number of aromatic nitrogens is 1. The summed E-state index contributed by atoms with van der Waals surface area (Å²) in [4.78, 5) is 22.0. The van der Waals surface area contributed by atoms with Gasteiger partial charge < -0.3 is 24.8 Å². The minimum absolute atomic E-state index is 0.0170. The number of fused-ring (bicyclic) bond motifs is 2. The van der Waals surface area contributed by atoms with E-state index in [9.17, 15) is 9.90 Å². The van der Waals surface area contributed by atoms with Gasteiger partial charge in [0.25, 0.3) is 5.91 Å². The number of aliphatic hydroxyl groups excluding tert-OH is 1. The molecule has 2 bridgehead atoms. The smallest absolute Gasteiger partial charge is 0.252 e. The summed E-state index contributed by atoms with van der Waals surface area (Å²) in [7, 11) is 0. The third-order valence-electron chi connectivity index (χ3n) is 8.51. The molecule has 0 unspecified atom stereocenters. The predicted molar refractivity (Wildman–Crippen MR) is 180 cm³/mol. The number of amides is 1. The fourth-order valence-corrected chi connectivity index (χ4v) is 8.00. The molecule has 6 rings (SSSR count). The van der Waals surface area contributed by atoms with Crippen molar-refractivity contribution in [3.05, 3.63) is 83.2 Å². The lowest BCUT2D eigenvalue weighted by Crippen LogP contribution is -2.51. The highest BCUT2D eigenvalue weighted by molar-refractivity contribution is 7.12.